The molecule has 0 radical (unpaired) electrons. The summed E-state index contributed by atoms with van der Waals surface area (Å²) in [5.74, 6) is -0.179. The summed E-state index contributed by atoms with van der Waals surface area (Å²) in [6.45, 7) is 2.24. The van der Waals surface area contributed by atoms with E-state index in [1.807, 2.05) is 13.2 Å². The van der Waals surface area contributed by atoms with Gasteiger partial charge in [-0.25, -0.2) is 17.9 Å². The van der Waals surface area contributed by atoms with Crippen LogP contribution < -0.4 is 4.72 Å². The van der Waals surface area contributed by atoms with Crippen LogP contribution >= 0.6 is 23.1 Å². The van der Waals surface area contributed by atoms with Crippen molar-refractivity contribution < 1.29 is 18.3 Å². The smallest absolute Gasteiger partial charge is 0.347 e. The Balaban J connectivity index is 2.80. The van der Waals surface area contributed by atoms with E-state index in [2.05, 4.69) is 4.72 Å². The second kappa shape index (κ2) is 6.55. The number of hydrogen-bond acceptors (Lipinski definition) is 5. The fourth-order valence-electron chi connectivity index (χ4n) is 1.34. The molecule has 1 heterocycles. The standard InChI is InChI=1S/C10H15NO4S3/c1-7(6-16-2)5-11-18(14,15)8-3-4-17-9(8)10(12)13/h3-4,7,11H,5-6H2,1-2H3,(H,12,13). The lowest BCUT2D eigenvalue weighted by Gasteiger charge is -2.11. The average molecular weight is 309 g/mol. The molecule has 1 unspecified atom stereocenters. The van der Waals surface area contributed by atoms with Gasteiger partial charge in [-0.05, 0) is 29.4 Å². The summed E-state index contributed by atoms with van der Waals surface area (Å²) in [6.07, 6.45) is 1.95. The van der Waals surface area contributed by atoms with Crippen molar-refractivity contribution in [1.82, 2.24) is 4.72 Å². The van der Waals surface area contributed by atoms with Gasteiger partial charge in [-0.3, -0.25) is 0 Å². The summed E-state index contributed by atoms with van der Waals surface area (Å²) in [6, 6.07) is 1.32. The zero-order valence-electron chi connectivity index (χ0n) is 10.0. The molecular formula is C10H15NO4S3. The van der Waals surface area contributed by atoms with E-state index >= 15 is 0 Å². The van der Waals surface area contributed by atoms with Crippen LogP contribution in [0, 0.1) is 5.92 Å². The maximum absolute atomic E-state index is 12.0. The fourth-order valence-corrected chi connectivity index (χ4v) is 4.45. The normalized spacial score (nSPS) is 13.4. The Hall–Kier alpha value is -0.570. The van der Waals surface area contributed by atoms with Crippen LogP contribution in [-0.4, -0.2) is 38.0 Å². The summed E-state index contributed by atoms with van der Waals surface area (Å²) in [7, 11) is -3.74. The number of thioether (sulfide) groups is 1. The molecule has 102 valence electrons. The quantitative estimate of drug-likeness (QED) is 0.801. The SMILES string of the molecule is CSCC(C)CNS(=O)(=O)c1ccsc1C(=O)O. The second-order valence-corrected chi connectivity index (χ2v) is 7.39. The third-order valence-corrected chi connectivity index (χ3v) is 5.59. The Labute approximate surface area is 115 Å². The van der Waals surface area contributed by atoms with Crippen LogP contribution in [-0.2, 0) is 10.0 Å². The van der Waals surface area contributed by atoms with E-state index in [0.717, 1.165) is 17.1 Å². The lowest BCUT2D eigenvalue weighted by Crippen LogP contribution is -2.29. The van der Waals surface area contributed by atoms with Gasteiger partial charge >= 0.3 is 5.97 Å². The Morgan fingerprint density at radius 3 is 2.83 bits per heavy atom. The number of hydrogen-bond donors (Lipinski definition) is 2. The molecular weight excluding hydrogens is 294 g/mol. The molecule has 0 aromatic carbocycles. The van der Waals surface area contributed by atoms with Gasteiger partial charge in [-0.2, -0.15) is 11.8 Å². The minimum absolute atomic E-state index is 0.153. The molecule has 18 heavy (non-hydrogen) atoms. The van der Waals surface area contributed by atoms with Gasteiger partial charge in [-0.1, -0.05) is 6.92 Å². The van der Waals surface area contributed by atoms with Crippen LogP contribution in [0.1, 0.15) is 16.6 Å². The molecule has 0 saturated carbocycles. The predicted octanol–water partition coefficient (Wildman–Crippen LogP) is 1.72. The molecule has 0 aliphatic rings. The molecule has 1 aromatic heterocycles. The van der Waals surface area contributed by atoms with Crippen LogP contribution in [0.4, 0.5) is 0 Å². The number of aromatic carboxylic acids is 1. The minimum Gasteiger partial charge on any atom is -0.477 e. The van der Waals surface area contributed by atoms with Crippen molar-refractivity contribution in [1.29, 1.82) is 0 Å². The average Bonchev–Trinajstić information content (AvgIpc) is 2.76. The number of carbonyl (C=O) groups is 1. The molecule has 8 heteroatoms. The third-order valence-electron chi connectivity index (χ3n) is 2.19. The van der Waals surface area contributed by atoms with Gasteiger partial charge in [0.1, 0.15) is 9.77 Å². The zero-order chi connectivity index (χ0) is 13.8. The second-order valence-electron chi connectivity index (χ2n) is 3.83. The highest BCUT2D eigenvalue weighted by Crippen LogP contribution is 2.21. The molecule has 0 fully saturated rings. The van der Waals surface area contributed by atoms with Gasteiger partial charge in [0.2, 0.25) is 10.0 Å². The van der Waals surface area contributed by atoms with Gasteiger partial charge in [-0.15, -0.1) is 11.3 Å². The summed E-state index contributed by atoms with van der Waals surface area (Å²) < 4.78 is 26.3. The number of carboxylic acid groups (broad SMARTS) is 1. The monoisotopic (exact) mass is 309 g/mol. The Morgan fingerprint density at radius 1 is 1.61 bits per heavy atom. The first-order valence-corrected chi connectivity index (χ1v) is 8.93. The minimum atomic E-state index is -3.74. The fraction of sp³-hybridized carbons (Fsp3) is 0.500. The topological polar surface area (TPSA) is 83.5 Å². The Bertz CT molecular complexity index is 509. The van der Waals surface area contributed by atoms with E-state index in [1.165, 1.54) is 11.4 Å². The number of sulfonamides is 1. The Morgan fingerprint density at radius 2 is 2.28 bits per heavy atom. The van der Waals surface area contributed by atoms with Crippen molar-refractivity contribution in [3.63, 3.8) is 0 Å². The summed E-state index contributed by atoms with van der Waals surface area (Å²) in [4.78, 5) is 10.6. The van der Waals surface area contributed by atoms with Crippen molar-refractivity contribution in [3.05, 3.63) is 16.3 Å². The van der Waals surface area contributed by atoms with E-state index in [1.54, 1.807) is 11.8 Å². The van der Waals surface area contributed by atoms with Gasteiger partial charge in [0, 0.05) is 6.54 Å². The maximum atomic E-state index is 12.0. The van der Waals surface area contributed by atoms with Crippen LogP contribution in [0.5, 0.6) is 0 Å². The van der Waals surface area contributed by atoms with E-state index < -0.39 is 16.0 Å². The molecule has 5 nitrogen and oxygen atoms in total. The lowest BCUT2D eigenvalue weighted by molar-refractivity contribution is 0.0698. The molecule has 0 aliphatic heterocycles. The first-order chi connectivity index (χ1) is 8.38. The number of nitrogens with one attached hydrogen (secondary N) is 1. The van der Waals surface area contributed by atoms with Crippen molar-refractivity contribution in [2.75, 3.05) is 18.6 Å². The van der Waals surface area contributed by atoms with Crippen LogP contribution in [0.25, 0.3) is 0 Å². The summed E-state index contributed by atoms with van der Waals surface area (Å²) in [5.41, 5.74) is 0. The predicted molar refractivity (Wildman–Crippen MR) is 74.0 cm³/mol. The van der Waals surface area contributed by atoms with Crippen molar-refractivity contribution in [3.8, 4) is 0 Å². The number of rotatable bonds is 7. The first-order valence-electron chi connectivity index (χ1n) is 5.18. The van der Waals surface area contributed by atoms with Gasteiger partial charge in [0.15, 0.2) is 0 Å². The third kappa shape index (κ3) is 3.98. The summed E-state index contributed by atoms with van der Waals surface area (Å²) in [5, 5.41) is 10.4. The Kier molecular flexibility index (Phi) is 5.64. The molecule has 0 amide bonds. The van der Waals surface area contributed by atoms with Crippen molar-refractivity contribution in [2.45, 2.75) is 11.8 Å². The van der Waals surface area contributed by atoms with E-state index in [9.17, 15) is 13.2 Å². The van der Waals surface area contributed by atoms with Crippen LogP contribution in [0.3, 0.4) is 0 Å². The zero-order valence-corrected chi connectivity index (χ0v) is 12.5. The number of thiophene rings is 1. The highest BCUT2D eigenvalue weighted by atomic mass is 32.2. The molecule has 0 aliphatic carbocycles. The van der Waals surface area contributed by atoms with E-state index in [-0.39, 0.29) is 15.7 Å². The van der Waals surface area contributed by atoms with E-state index in [0.29, 0.717) is 6.54 Å². The van der Waals surface area contributed by atoms with Crippen molar-refractivity contribution in [2.24, 2.45) is 5.92 Å². The largest absolute Gasteiger partial charge is 0.477 e. The van der Waals surface area contributed by atoms with Crippen LogP contribution in [0.2, 0.25) is 0 Å². The molecule has 0 spiro atoms. The van der Waals surface area contributed by atoms with E-state index in [4.69, 9.17) is 5.11 Å². The van der Waals surface area contributed by atoms with Gasteiger partial charge < -0.3 is 5.11 Å². The molecule has 1 aromatic rings. The molecule has 1 atom stereocenters. The van der Waals surface area contributed by atoms with Gasteiger partial charge in [0.25, 0.3) is 0 Å². The molecule has 0 bridgehead atoms. The summed E-state index contributed by atoms with van der Waals surface area (Å²) >= 11 is 2.55. The highest BCUT2D eigenvalue weighted by Gasteiger charge is 2.23. The molecule has 1 rings (SSSR count). The molecule has 2 N–H and O–H groups in total. The highest BCUT2D eigenvalue weighted by molar-refractivity contribution is 7.98. The lowest BCUT2D eigenvalue weighted by atomic mass is 10.2. The van der Waals surface area contributed by atoms with Gasteiger partial charge in [0.05, 0.1) is 0 Å². The van der Waals surface area contributed by atoms with Crippen molar-refractivity contribution >= 4 is 39.1 Å². The first kappa shape index (κ1) is 15.5. The maximum Gasteiger partial charge on any atom is 0.347 e. The molecule has 0 saturated heterocycles. The number of carboxylic acids is 1. The van der Waals surface area contributed by atoms with Crippen LogP contribution in [0.15, 0.2) is 16.3 Å².